The molecule has 0 saturated heterocycles. The smallest absolute Gasteiger partial charge is 0.128 e. The van der Waals surface area contributed by atoms with Gasteiger partial charge in [-0.25, -0.2) is 0 Å². The molecule has 0 aromatic heterocycles. The number of benzene rings is 4. The molecule has 0 aliphatic rings. The van der Waals surface area contributed by atoms with E-state index in [0.717, 1.165) is 18.6 Å². The van der Waals surface area contributed by atoms with Gasteiger partial charge in [-0.3, -0.25) is 0 Å². The molecule has 4 aromatic carbocycles. The minimum Gasteiger partial charge on any atom is -0.485 e. The van der Waals surface area contributed by atoms with E-state index in [1.54, 1.807) is 0 Å². The highest BCUT2D eigenvalue weighted by Crippen LogP contribution is 2.34. The fourth-order valence-electron chi connectivity index (χ4n) is 3.65. The lowest BCUT2D eigenvalue weighted by Crippen LogP contribution is -2.08. The van der Waals surface area contributed by atoms with E-state index in [4.69, 9.17) is 4.74 Å². The van der Waals surface area contributed by atoms with Crippen LogP contribution in [0.3, 0.4) is 0 Å². The zero-order valence-electron chi connectivity index (χ0n) is 15.2. The first-order chi connectivity index (χ1) is 12.9. The molecule has 1 nitrogen and oxygen atoms in total. The quantitative estimate of drug-likeness (QED) is 0.358. The van der Waals surface area contributed by atoms with Crippen LogP contribution in [0.5, 0.6) is 5.75 Å². The van der Waals surface area contributed by atoms with Gasteiger partial charge in [0.1, 0.15) is 11.9 Å². The first kappa shape index (κ1) is 16.7. The van der Waals surface area contributed by atoms with Gasteiger partial charge >= 0.3 is 0 Å². The topological polar surface area (TPSA) is 9.23 Å². The van der Waals surface area contributed by atoms with Crippen LogP contribution in [0.1, 0.15) is 37.9 Å². The van der Waals surface area contributed by atoms with Gasteiger partial charge in [0.15, 0.2) is 0 Å². The van der Waals surface area contributed by atoms with Crippen LogP contribution in [-0.4, -0.2) is 0 Å². The zero-order valence-corrected chi connectivity index (χ0v) is 15.2. The lowest BCUT2D eigenvalue weighted by atomic mass is 9.97. The van der Waals surface area contributed by atoms with Gasteiger partial charge in [0.05, 0.1) is 0 Å². The van der Waals surface area contributed by atoms with Crippen LogP contribution in [0.2, 0.25) is 0 Å². The Morgan fingerprint density at radius 2 is 1.31 bits per heavy atom. The molecule has 1 unspecified atom stereocenters. The Labute approximate surface area is 155 Å². The van der Waals surface area contributed by atoms with E-state index in [1.807, 2.05) is 0 Å². The van der Waals surface area contributed by atoms with E-state index in [0.29, 0.717) is 0 Å². The molecule has 1 heteroatoms. The second-order valence-electron chi connectivity index (χ2n) is 6.79. The Kier molecular flexibility index (Phi) is 4.88. The number of ether oxygens (including phenoxy) is 1. The Bertz CT molecular complexity index is 1010. The van der Waals surface area contributed by atoms with Crippen molar-refractivity contribution in [1.82, 2.24) is 0 Å². The first-order valence-corrected chi connectivity index (χ1v) is 9.49. The lowest BCUT2D eigenvalue weighted by molar-refractivity contribution is 0.195. The van der Waals surface area contributed by atoms with Crippen molar-refractivity contribution in [2.24, 2.45) is 0 Å². The van der Waals surface area contributed by atoms with Crippen molar-refractivity contribution in [3.05, 3.63) is 90.5 Å². The summed E-state index contributed by atoms with van der Waals surface area (Å²) in [6, 6.07) is 29.9. The van der Waals surface area contributed by atoms with Gasteiger partial charge in [0.2, 0.25) is 0 Å². The van der Waals surface area contributed by atoms with E-state index in [9.17, 15) is 0 Å². The molecule has 0 N–H and O–H groups in total. The van der Waals surface area contributed by atoms with Crippen LogP contribution >= 0.6 is 0 Å². The highest BCUT2D eigenvalue weighted by Gasteiger charge is 2.17. The van der Waals surface area contributed by atoms with Crippen LogP contribution in [-0.2, 0) is 0 Å². The first-order valence-electron chi connectivity index (χ1n) is 9.49. The third-order valence-corrected chi connectivity index (χ3v) is 5.01. The molecule has 0 aliphatic carbocycles. The molecule has 0 bridgehead atoms. The van der Waals surface area contributed by atoms with Gasteiger partial charge in [-0.05, 0) is 35.1 Å². The molecule has 4 rings (SSSR count). The molecule has 130 valence electrons. The van der Waals surface area contributed by atoms with E-state index in [2.05, 4.69) is 91.9 Å². The molecule has 4 aromatic rings. The zero-order chi connectivity index (χ0) is 17.8. The molecule has 0 fully saturated rings. The average Bonchev–Trinajstić information content (AvgIpc) is 2.71. The number of unbranched alkanes of at least 4 members (excludes halogenated alkanes) is 1. The van der Waals surface area contributed by atoms with Gasteiger partial charge in [-0.1, -0.05) is 92.2 Å². The van der Waals surface area contributed by atoms with Crippen molar-refractivity contribution in [1.29, 1.82) is 0 Å². The minimum atomic E-state index is 0.0619. The van der Waals surface area contributed by atoms with E-state index >= 15 is 0 Å². The van der Waals surface area contributed by atoms with E-state index in [1.165, 1.54) is 33.5 Å². The lowest BCUT2D eigenvalue weighted by Gasteiger charge is -2.22. The maximum Gasteiger partial charge on any atom is 0.128 e. The highest BCUT2D eigenvalue weighted by molar-refractivity contribution is 5.88. The second kappa shape index (κ2) is 7.61. The van der Waals surface area contributed by atoms with Gasteiger partial charge in [0.25, 0.3) is 0 Å². The van der Waals surface area contributed by atoms with Crippen LogP contribution < -0.4 is 4.74 Å². The Hall–Kier alpha value is -2.80. The van der Waals surface area contributed by atoms with Gasteiger partial charge in [0, 0.05) is 10.9 Å². The summed E-state index contributed by atoms with van der Waals surface area (Å²) < 4.78 is 6.62. The molecular formula is C25H24O. The summed E-state index contributed by atoms with van der Waals surface area (Å²) in [4.78, 5) is 0. The predicted molar refractivity (Wildman–Crippen MR) is 111 cm³/mol. The molecular weight excluding hydrogens is 316 g/mol. The monoisotopic (exact) mass is 340 g/mol. The maximum atomic E-state index is 6.62. The predicted octanol–water partition coefficient (Wildman–Crippen LogP) is 7.30. The summed E-state index contributed by atoms with van der Waals surface area (Å²) in [5.74, 6) is 0.970. The average molecular weight is 340 g/mol. The molecule has 26 heavy (non-hydrogen) atoms. The standard InChI is InChI=1S/C25H24O/c1-2-3-17-25(23-16-8-12-19-10-4-6-14-21(19)23)26-24-18-9-13-20-11-5-7-15-22(20)24/h4-16,18,25H,2-3,17H2,1H3. The molecule has 0 amide bonds. The molecule has 0 aliphatic heterocycles. The number of fused-ring (bicyclic) bond motifs is 2. The van der Waals surface area contributed by atoms with Crippen molar-refractivity contribution in [2.75, 3.05) is 0 Å². The fourth-order valence-corrected chi connectivity index (χ4v) is 3.65. The third kappa shape index (κ3) is 3.30. The summed E-state index contributed by atoms with van der Waals surface area (Å²) in [6.07, 6.45) is 3.40. The van der Waals surface area contributed by atoms with Crippen LogP contribution in [0.4, 0.5) is 0 Å². The van der Waals surface area contributed by atoms with Crippen LogP contribution in [0, 0.1) is 0 Å². The van der Waals surface area contributed by atoms with Crippen molar-refractivity contribution < 1.29 is 4.74 Å². The fraction of sp³-hybridized carbons (Fsp3) is 0.200. The van der Waals surface area contributed by atoms with Gasteiger partial charge < -0.3 is 4.74 Å². The third-order valence-electron chi connectivity index (χ3n) is 5.01. The molecule has 1 atom stereocenters. The van der Waals surface area contributed by atoms with E-state index in [-0.39, 0.29) is 6.10 Å². The normalized spacial score (nSPS) is 12.3. The Balaban J connectivity index is 1.77. The summed E-state index contributed by atoms with van der Waals surface area (Å²) in [5.41, 5.74) is 1.28. The Morgan fingerprint density at radius 1 is 0.692 bits per heavy atom. The Morgan fingerprint density at radius 3 is 2.08 bits per heavy atom. The van der Waals surface area contributed by atoms with Crippen molar-refractivity contribution >= 4 is 21.5 Å². The van der Waals surface area contributed by atoms with E-state index < -0.39 is 0 Å². The van der Waals surface area contributed by atoms with Crippen molar-refractivity contribution in [3.8, 4) is 5.75 Å². The van der Waals surface area contributed by atoms with Gasteiger partial charge in [-0.15, -0.1) is 0 Å². The van der Waals surface area contributed by atoms with Gasteiger partial charge in [-0.2, -0.15) is 0 Å². The molecule has 0 saturated carbocycles. The second-order valence-corrected chi connectivity index (χ2v) is 6.79. The number of rotatable bonds is 6. The number of hydrogen-bond donors (Lipinski definition) is 0. The summed E-state index contributed by atoms with van der Waals surface area (Å²) >= 11 is 0. The SMILES string of the molecule is CCCCC(Oc1cccc2ccccc12)c1cccc2ccccc12. The molecule has 0 heterocycles. The summed E-state index contributed by atoms with van der Waals surface area (Å²) in [7, 11) is 0. The van der Waals surface area contributed by atoms with Crippen molar-refractivity contribution in [2.45, 2.75) is 32.3 Å². The largest absolute Gasteiger partial charge is 0.485 e. The van der Waals surface area contributed by atoms with Crippen LogP contribution in [0.15, 0.2) is 84.9 Å². The number of hydrogen-bond acceptors (Lipinski definition) is 1. The maximum absolute atomic E-state index is 6.62. The molecule has 0 spiro atoms. The van der Waals surface area contributed by atoms with Crippen molar-refractivity contribution in [3.63, 3.8) is 0 Å². The molecule has 0 radical (unpaired) electrons. The highest BCUT2D eigenvalue weighted by atomic mass is 16.5. The summed E-state index contributed by atoms with van der Waals surface area (Å²) in [5, 5.41) is 4.96. The minimum absolute atomic E-state index is 0.0619. The summed E-state index contributed by atoms with van der Waals surface area (Å²) in [6.45, 7) is 2.23. The van der Waals surface area contributed by atoms with Crippen LogP contribution in [0.25, 0.3) is 21.5 Å².